The standard InChI is InChI=1S/C14H17N5OS/c1-21-11-5-2-4-10(8-11)16-14(20)15-9-13-18-17-12-6-3-7-19(12)13/h2,4-5,8H,3,6-7,9H2,1H3,(H2,15,16,20). The van der Waals surface area contributed by atoms with Gasteiger partial charge in [0.1, 0.15) is 5.82 Å². The van der Waals surface area contributed by atoms with Gasteiger partial charge in [0.25, 0.3) is 0 Å². The van der Waals surface area contributed by atoms with Gasteiger partial charge in [-0.3, -0.25) is 0 Å². The van der Waals surface area contributed by atoms with Crippen molar-refractivity contribution in [3.05, 3.63) is 35.9 Å². The van der Waals surface area contributed by atoms with Gasteiger partial charge in [-0.1, -0.05) is 6.07 Å². The molecule has 1 aromatic carbocycles. The summed E-state index contributed by atoms with van der Waals surface area (Å²) in [5.41, 5.74) is 0.783. The van der Waals surface area contributed by atoms with Crippen LogP contribution in [0.15, 0.2) is 29.2 Å². The zero-order valence-corrected chi connectivity index (χ0v) is 12.6. The highest BCUT2D eigenvalue weighted by Crippen LogP contribution is 2.19. The first-order chi connectivity index (χ1) is 10.3. The molecule has 0 unspecified atom stereocenters. The van der Waals surface area contributed by atoms with Crippen LogP contribution in [-0.2, 0) is 19.5 Å². The van der Waals surface area contributed by atoms with Gasteiger partial charge in [-0.05, 0) is 30.9 Å². The number of thioether (sulfide) groups is 1. The van der Waals surface area contributed by atoms with E-state index in [1.807, 2.05) is 30.5 Å². The predicted molar refractivity (Wildman–Crippen MR) is 82.4 cm³/mol. The predicted octanol–water partition coefficient (Wildman–Crippen LogP) is 2.27. The summed E-state index contributed by atoms with van der Waals surface area (Å²) in [4.78, 5) is 13.0. The summed E-state index contributed by atoms with van der Waals surface area (Å²) >= 11 is 1.64. The van der Waals surface area contributed by atoms with E-state index in [1.165, 1.54) is 0 Å². The van der Waals surface area contributed by atoms with Crippen LogP contribution < -0.4 is 10.6 Å². The van der Waals surface area contributed by atoms with E-state index in [9.17, 15) is 4.79 Å². The van der Waals surface area contributed by atoms with Gasteiger partial charge in [-0.25, -0.2) is 4.79 Å². The molecule has 0 spiro atoms. The molecule has 0 bridgehead atoms. The molecule has 3 rings (SSSR count). The second kappa shape index (κ2) is 6.17. The Balaban J connectivity index is 1.56. The number of hydrogen-bond acceptors (Lipinski definition) is 4. The monoisotopic (exact) mass is 303 g/mol. The molecular weight excluding hydrogens is 286 g/mol. The van der Waals surface area contributed by atoms with E-state index >= 15 is 0 Å². The van der Waals surface area contributed by atoms with Gasteiger partial charge in [0.05, 0.1) is 6.54 Å². The molecule has 1 aliphatic heterocycles. The fourth-order valence-electron chi connectivity index (χ4n) is 2.38. The molecule has 0 saturated heterocycles. The topological polar surface area (TPSA) is 71.8 Å². The molecule has 2 amide bonds. The Morgan fingerprint density at radius 1 is 1.43 bits per heavy atom. The molecule has 0 saturated carbocycles. The molecule has 2 aromatic rings. The number of fused-ring (bicyclic) bond motifs is 1. The number of rotatable bonds is 4. The van der Waals surface area contributed by atoms with Crippen molar-refractivity contribution in [2.24, 2.45) is 0 Å². The van der Waals surface area contributed by atoms with Crippen LogP contribution in [0.25, 0.3) is 0 Å². The Morgan fingerprint density at radius 2 is 2.33 bits per heavy atom. The number of carbonyl (C=O) groups excluding carboxylic acids is 1. The van der Waals surface area contributed by atoms with Crippen molar-refractivity contribution in [3.8, 4) is 0 Å². The summed E-state index contributed by atoms with van der Waals surface area (Å²) in [6.45, 7) is 1.33. The number of amides is 2. The maximum absolute atomic E-state index is 11.9. The van der Waals surface area contributed by atoms with E-state index in [-0.39, 0.29) is 6.03 Å². The lowest BCUT2D eigenvalue weighted by atomic mass is 10.3. The van der Waals surface area contributed by atoms with Crippen molar-refractivity contribution in [2.45, 2.75) is 30.8 Å². The second-order valence-corrected chi connectivity index (χ2v) is 5.71. The van der Waals surface area contributed by atoms with E-state index in [1.54, 1.807) is 11.8 Å². The average molecular weight is 303 g/mol. The number of aromatic nitrogens is 3. The van der Waals surface area contributed by atoms with Crippen molar-refractivity contribution in [3.63, 3.8) is 0 Å². The van der Waals surface area contributed by atoms with Gasteiger partial charge in [0.15, 0.2) is 5.82 Å². The number of urea groups is 1. The molecule has 0 atom stereocenters. The van der Waals surface area contributed by atoms with Gasteiger partial charge >= 0.3 is 6.03 Å². The normalized spacial score (nSPS) is 13.0. The lowest BCUT2D eigenvalue weighted by Gasteiger charge is -2.08. The second-order valence-electron chi connectivity index (χ2n) is 4.83. The van der Waals surface area contributed by atoms with E-state index in [0.29, 0.717) is 6.54 Å². The van der Waals surface area contributed by atoms with Crippen LogP contribution in [-0.4, -0.2) is 27.1 Å². The molecule has 1 aromatic heterocycles. The van der Waals surface area contributed by atoms with Crippen molar-refractivity contribution in [2.75, 3.05) is 11.6 Å². The van der Waals surface area contributed by atoms with Crippen LogP contribution in [0, 0.1) is 0 Å². The van der Waals surface area contributed by atoms with Crippen LogP contribution in [0.3, 0.4) is 0 Å². The van der Waals surface area contributed by atoms with Gasteiger partial charge in [-0.15, -0.1) is 22.0 Å². The molecule has 1 aliphatic rings. The fraction of sp³-hybridized carbons (Fsp3) is 0.357. The highest BCUT2D eigenvalue weighted by atomic mass is 32.2. The Hall–Kier alpha value is -2.02. The van der Waals surface area contributed by atoms with Gasteiger partial charge in [0, 0.05) is 23.5 Å². The summed E-state index contributed by atoms with van der Waals surface area (Å²) in [7, 11) is 0. The molecule has 21 heavy (non-hydrogen) atoms. The van der Waals surface area contributed by atoms with E-state index < -0.39 is 0 Å². The number of nitrogens with one attached hydrogen (secondary N) is 2. The first-order valence-electron chi connectivity index (χ1n) is 6.86. The number of anilines is 1. The Bertz CT molecular complexity index is 655. The number of hydrogen-bond donors (Lipinski definition) is 2. The maximum atomic E-state index is 11.9. The minimum absolute atomic E-state index is 0.233. The minimum Gasteiger partial charge on any atom is -0.331 e. The third-order valence-electron chi connectivity index (χ3n) is 3.42. The SMILES string of the molecule is CSc1cccc(NC(=O)NCc2nnc3n2CCC3)c1. The number of aryl methyl sites for hydroxylation is 1. The van der Waals surface area contributed by atoms with Crippen molar-refractivity contribution >= 4 is 23.5 Å². The quantitative estimate of drug-likeness (QED) is 0.850. The highest BCUT2D eigenvalue weighted by molar-refractivity contribution is 7.98. The smallest absolute Gasteiger partial charge is 0.319 e. The zero-order valence-electron chi connectivity index (χ0n) is 11.8. The van der Waals surface area contributed by atoms with Crippen LogP contribution in [0.2, 0.25) is 0 Å². The highest BCUT2D eigenvalue weighted by Gasteiger charge is 2.17. The van der Waals surface area contributed by atoms with Gasteiger partial charge < -0.3 is 15.2 Å². The molecule has 0 fully saturated rings. The maximum Gasteiger partial charge on any atom is 0.319 e. The Labute approximate surface area is 127 Å². The van der Waals surface area contributed by atoms with Crippen molar-refractivity contribution in [1.29, 1.82) is 0 Å². The van der Waals surface area contributed by atoms with Crippen LogP contribution in [0.4, 0.5) is 10.5 Å². The van der Waals surface area contributed by atoms with Crippen LogP contribution in [0.1, 0.15) is 18.1 Å². The first-order valence-corrected chi connectivity index (χ1v) is 8.08. The Kier molecular flexibility index (Phi) is 4.10. The van der Waals surface area contributed by atoms with Crippen molar-refractivity contribution < 1.29 is 4.79 Å². The first kappa shape index (κ1) is 13.9. The Morgan fingerprint density at radius 3 is 3.19 bits per heavy atom. The minimum atomic E-state index is -0.233. The molecule has 7 heteroatoms. The van der Waals surface area contributed by atoms with Crippen LogP contribution in [0.5, 0.6) is 0 Å². The molecule has 2 heterocycles. The molecule has 110 valence electrons. The van der Waals surface area contributed by atoms with Gasteiger partial charge in [0.2, 0.25) is 0 Å². The number of benzene rings is 1. The summed E-state index contributed by atoms with van der Waals surface area (Å²) < 4.78 is 2.08. The number of carbonyl (C=O) groups is 1. The third kappa shape index (κ3) is 3.18. The lowest BCUT2D eigenvalue weighted by Crippen LogP contribution is -2.29. The summed E-state index contributed by atoms with van der Waals surface area (Å²) in [6, 6.07) is 7.51. The summed E-state index contributed by atoms with van der Waals surface area (Å²) in [5, 5.41) is 13.9. The third-order valence-corrected chi connectivity index (χ3v) is 4.15. The lowest BCUT2D eigenvalue weighted by molar-refractivity contribution is 0.251. The number of nitrogens with zero attached hydrogens (tertiary/aromatic N) is 3. The average Bonchev–Trinajstić information content (AvgIpc) is 3.09. The largest absolute Gasteiger partial charge is 0.331 e. The molecule has 6 nitrogen and oxygen atoms in total. The van der Waals surface area contributed by atoms with E-state index in [0.717, 1.165) is 41.6 Å². The zero-order chi connectivity index (χ0) is 14.7. The summed E-state index contributed by atoms with van der Waals surface area (Å²) in [5.74, 6) is 1.83. The molecule has 0 aliphatic carbocycles. The van der Waals surface area contributed by atoms with E-state index in [2.05, 4.69) is 25.4 Å². The molecular formula is C14H17N5OS. The fourth-order valence-corrected chi connectivity index (χ4v) is 2.84. The van der Waals surface area contributed by atoms with Crippen LogP contribution >= 0.6 is 11.8 Å². The summed E-state index contributed by atoms with van der Waals surface area (Å²) in [6.07, 6.45) is 4.08. The van der Waals surface area contributed by atoms with Gasteiger partial charge in [-0.2, -0.15) is 0 Å². The molecule has 2 N–H and O–H groups in total. The van der Waals surface area contributed by atoms with E-state index in [4.69, 9.17) is 0 Å². The molecule has 0 radical (unpaired) electrons. The van der Waals surface area contributed by atoms with Crippen molar-refractivity contribution in [1.82, 2.24) is 20.1 Å².